The van der Waals surface area contributed by atoms with Crippen LogP contribution >= 0.6 is 31.0 Å². The minimum Gasteiger partial charge on any atom is -0.476 e. The molecule has 9 aromatic rings. The van der Waals surface area contributed by atoms with Crippen LogP contribution in [0.3, 0.4) is 0 Å². The number of hydrogen-bond acceptors (Lipinski definition) is 38. The molecule has 14 rings (SSSR count). The van der Waals surface area contributed by atoms with Gasteiger partial charge in [-0.1, -0.05) is 79.4 Å². The average Bonchev–Trinajstić information content (AvgIpc) is 1.61. The van der Waals surface area contributed by atoms with Crippen LogP contribution in [-0.2, 0) is 98.2 Å². The molecule has 6 unspecified atom stereocenters. The number of benzene rings is 4. The van der Waals surface area contributed by atoms with Gasteiger partial charge in [0.2, 0.25) is 17.8 Å². The van der Waals surface area contributed by atoms with Gasteiger partial charge in [-0.2, -0.15) is 40.3 Å². The van der Waals surface area contributed by atoms with E-state index in [0.717, 1.165) is 4.57 Å². The first kappa shape index (κ1) is 116. The minimum atomic E-state index is -4.17. The van der Waals surface area contributed by atoms with E-state index in [1.54, 1.807) is 184 Å². The first-order valence-electron chi connectivity index (χ1n) is 47.0. The summed E-state index contributed by atoms with van der Waals surface area (Å²) in [6, 6.07) is 30.3. The number of esters is 4. The number of hydrogen-bond donors (Lipinski definition) is 9. The number of nitrogens with zero attached hydrogens (tertiary/aromatic N) is 10. The van der Waals surface area contributed by atoms with Crippen molar-refractivity contribution in [3.8, 4) is 28.9 Å². The van der Waals surface area contributed by atoms with E-state index in [1.165, 1.54) is 107 Å². The van der Waals surface area contributed by atoms with Gasteiger partial charge in [-0.25, -0.2) is 50.6 Å². The van der Waals surface area contributed by atoms with E-state index in [0.29, 0.717) is 12.1 Å². The highest BCUT2D eigenvalue weighted by Crippen LogP contribution is 2.54. The predicted octanol–water partition coefficient (Wildman–Crippen LogP) is 13.2. The number of para-hydroxylation sites is 4. The third kappa shape index (κ3) is 32.2. The Morgan fingerprint density at radius 3 is 1.10 bits per heavy atom. The van der Waals surface area contributed by atoms with Crippen LogP contribution in [0, 0.1) is 0 Å². The quantitative estimate of drug-likeness (QED) is 0.00742. The van der Waals surface area contributed by atoms with E-state index < -0.39 is 162 Å². The maximum atomic E-state index is 15.9. The molecule has 55 heteroatoms. The van der Waals surface area contributed by atoms with Crippen molar-refractivity contribution in [3.05, 3.63) is 192 Å². The zero-order valence-corrected chi connectivity index (χ0v) is 87.8. The van der Waals surface area contributed by atoms with Crippen molar-refractivity contribution in [3.63, 3.8) is 0 Å². The zero-order valence-electron chi connectivity index (χ0n) is 84.3. The Balaban J connectivity index is 0.000000188. The average molecular weight is 2160 g/mol. The third-order valence-electron chi connectivity index (χ3n) is 21.6. The molecule has 0 bridgehead atoms. The summed E-state index contributed by atoms with van der Waals surface area (Å²) in [7, 11) is -16.6. The summed E-state index contributed by atoms with van der Waals surface area (Å²) in [5.41, 5.74) is 8.61. The number of aromatic amines is 1. The van der Waals surface area contributed by atoms with Crippen LogP contribution in [0.25, 0.3) is 22.3 Å². The number of alkyl halides is 4. The summed E-state index contributed by atoms with van der Waals surface area (Å²) in [5.74, 6) is -1.86. The molecule has 5 aliphatic rings. The molecule has 12 N–H and O–H groups in total. The number of ether oxygens (including phenoxy) is 9. The van der Waals surface area contributed by atoms with E-state index in [9.17, 15) is 51.8 Å². The molecule has 148 heavy (non-hydrogen) atoms. The SMILES string of the molecule is C=C1NC(=O)C=CN1[C@@H]1O[C@H](COP(=O)(NC(C)C(=O)OC(C)C)Oc2ccccc2)C[C@@]1(C)F.CC(C)OC(=O)C(C)NP(=O)(OC[C@@H]1C[C@@](C)(F)[C@H](n2ccc(N)nc2=O)O1)Oc1ccccc1.CC(C)OC(=O)[C@@H](C)NP(=O)(OC[C@@H]1C[C@@](C)(F)[C@H](n2cnc3c(=O)[nH]c(N)nc32)O1)Oc1ccccc1.CCOc1nc(N)nc2c1ncn2[C@@H]1O[C@H](COP(=O)(N[C@H](C)C(=O)OC(C)C)Oc2ccccc2)C[C@@]1(C)F. The second-order valence-electron chi connectivity index (χ2n) is 36.6. The van der Waals surface area contributed by atoms with Gasteiger partial charge in [-0.3, -0.25) is 65.5 Å². The van der Waals surface area contributed by atoms with Gasteiger partial charge in [0.15, 0.2) is 69.9 Å². The highest BCUT2D eigenvalue weighted by atomic mass is 31.2. The summed E-state index contributed by atoms with van der Waals surface area (Å²) in [4.78, 5) is 113. The van der Waals surface area contributed by atoms with Crippen LogP contribution in [-0.4, -0.2) is 218 Å². The monoisotopic (exact) mass is 2160 g/mol. The number of rotatable bonds is 42. The van der Waals surface area contributed by atoms with Crippen molar-refractivity contribution < 1.29 is 139 Å². The lowest BCUT2D eigenvalue weighted by atomic mass is 10.0. The van der Waals surface area contributed by atoms with Crippen LogP contribution in [0.4, 0.5) is 35.3 Å². The van der Waals surface area contributed by atoms with E-state index in [1.807, 2.05) is 0 Å². The van der Waals surface area contributed by atoms with Crippen LogP contribution in [0.5, 0.6) is 28.9 Å². The molecule has 0 spiro atoms. The molecule has 10 heterocycles. The number of H-pyrrole nitrogens is 1. The zero-order chi connectivity index (χ0) is 108. The van der Waals surface area contributed by atoms with E-state index in [-0.39, 0.29) is 152 Å². The number of fused-ring (bicyclic) bond motifs is 2. The first-order chi connectivity index (χ1) is 69.5. The molecular weight excluding hydrogens is 2030 g/mol. The summed E-state index contributed by atoms with van der Waals surface area (Å²) in [5, 5.41) is 12.8. The summed E-state index contributed by atoms with van der Waals surface area (Å²) in [6.07, 6.45) is -3.62. The number of aromatic nitrogens is 10. The summed E-state index contributed by atoms with van der Waals surface area (Å²) >= 11 is 0. The van der Waals surface area contributed by atoms with E-state index >= 15 is 17.6 Å². The maximum Gasteiger partial charge on any atom is 0.459 e. The lowest BCUT2D eigenvalue weighted by Crippen LogP contribution is -2.48. The number of halogens is 4. The molecule has 4 saturated heterocycles. The highest BCUT2D eigenvalue weighted by Gasteiger charge is 2.54. The maximum absolute atomic E-state index is 15.9. The van der Waals surface area contributed by atoms with Crippen LogP contribution in [0.1, 0.15) is 162 Å². The molecule has 47 nitrogen and oxygen atoms in total. The Morgan fingerprint density at radius 2 is 0.777 bits per heavy atom. The molecular formula is C93H125F4N19O28P4. The Bertz CT molecular complexity index is 6420. The van der Waals surface area contributed by atoms with Crippen molar-refractivity contribution in [1.29, 1.82) is 0 Å². The second-order valence-corrected chi connectivity index (χ2v) is 43.4. The van der Waals surface area contributed by atoms with Gasteiger partial charge in [0, 0.05) is 44.2 Å². The van der Waals surface area contributed by atoms with Crippen molar-refractivity contribution >= 4 is 101 Å². The van der Waals surface area contributed by atoms with Gasteiger partial charge in [-0.05, 0) is 172 Å². The predicted molar refractivity (Wildman–Crippen MR) is 529 cm³/mol. The first-order valence-corrected chi connectivity index (χ1v) is 53.1. The Hall–Kier alpha value is -12.2. The number of amides is 1. The number of carbonyl (C=O) groups excluding carboxylic acids is 5. The highest BCUT2D eigenvalue weighted by molar-refractivity contribution is 7.53. The number of nitrogens with one attached hydrogen (secondary N) is 6. The van der Waals surface area contributed by atoms with Crippen molar-refractivity contribution in [2.24, 2.45) is 0 Å². The van der Waals surface area contributed by atoms with Gasteiger partial charge in [0.25, 0.3) is 11.5 Å². The molecule has 0 saturated carbocycles. The van der Waals surface area contributed by atoms with E-state index in [2.05, 4.69) is 67.1 Å². The van der Waals surface area contributed by atoms with Gasteiger partial charge in [-0.15, -0.1) is 0 Å². The molecule has 0 radical (unpaired) electrons. The van der Waals surface area contributed by atoms with Crippen molar-refractivity contribution in [1.82, 2.24) is 79.2 Å². The molecule has 0 aliphatic carbocycles. The normalized spacial score (nSPS) is 24.6. The fourth-order valence-electron chi connectivity index (χ4n) is 15.3. The lowest BCUT2D eigenvalue weighted by molar-refractivity contribution is -0.150. The standard InChI is InChI=1S/C25H34FN6O7P.C23H30FN6O7P.C23H31FN3O7P.C22H30FN4O7P/c1-6-35-21-19-20(29-24(27)30-21)32(14-28-19)23-25(5,26)12-18(38-23)13-36-40(34,39-17-10-8-7-9-11-17)31-16(4)22(33)37-15(2)3;1-13(2)35-20(32)14(3)29-38(33,37-15-8-6-5-7-9-15)34-11-16-10-23(4,24)21(36-16)30-12-26-17-18(30)27-22(25)28-19(17)31;1-15(2)32-21(29)16(3)26-35(30,34-18-9-7-6-8-10-18)31-14-19-13-23(5,24)22(33-19)27-12-11-20(28)25-17(27)4;1-14(2)32-19(28)15(3)26-35(30,34-16-8-6-5-7-9-16)31-13-17-12-22(4,23)20(33-17)27-11-10-18(24)25-21(27)29/h7-11,14-16,18,23H,6,12-13H2,1-5H3,(H,31,34)(H2,27,29,30);5-9,12-14,16,21H,10-11H2,1-4H3,(H,29,33)(H3,25,27,28,31);6-12,15-16,19,22H,4,13-14H2,1-3,5H3,(H,25,28)(H,26,30);5-11,14-15,17,20H,12-13H2,1-4H3,(H,26,30)(H2,24,25,29)/t16-,18+,23-,25-,40?;14-,16+,21-,23-,38?;16?,19-,22+,23+,35?;15?,17-,20+,22+,35?/m1100/s1. The number of nitrogen functional groups attached to an aromatic ring is 3. The van der Waals surface area contributed by atoms with Gasteiger partial charge >= 0.3 is 60.6 Å². The number of imidazole rings is 2. The molecule has 808 valence electrons. The minimum absolute atomic E-state index is 0.000113. The van der Waals surface area contributed by atoms with Crippen LogP contribution in [0.15, 0.2) is 181 Å². The smallest absolute Gasteiger partial charge is 0.459 e. The van der Waals surface area contributed by atoms with Gasteiger partial charge in [0.1, 0.15) is 58.8 Å². The van der Waals surface area contributed by atoms with Gasteiger partial charge < -0.3 is 88.1 Å². The number of anilines is 3. The molecule has 5 aromatic heterocycles. The second kappa shape index (κ2) is 50.0. The lowest BCUT2D eigenvalue weighted by Gasteiger charge is -2.35. The Labute approximate surface area is 849 Å². The molecule has 5 aliphatic heterocycles. The fraction of sp³-hybridized carbons (Fsp3) is 0.495. The largest absolute Gasteiger partial charge is 0.476 e. The molecule has 4 fully saturated rings. The summed E-state index contributed by atoms with van der Waals surface area (Å²) in [6.45, 7) is 29.3. The fourth-order valence-corrected chi connectivity index (χ4v) is 21.4. The molecule has 20 atom stereocenters. The number of nitrogens with two attached hydrogens (primary N) is 3. The van der Waals surface area contributed by atoms with Crippen LogP contribution in [0.2, 0.25) is 0 Å². The summed E-state index contributed by atoms with van der Waals surface area (Å²) < 4.78 is 215. The third-order valence-corrected chi connectivity index (χ3v) is 28.2. The van der Waals surface area contributed by atoms with E-state index in [4.69, 9.17) is 96.0 Å². The Kier molecular flexibility index (Phi) is 39.2. The van der Waals surface area contributed by atoms with Crippen LogP contribution < -0.4 is 76.9 Å². The van der Waals surface area contributed by atoms with Crippen molar-refractivity contribution in [2.75, 3.05) is 50.2 Å². The molecule has 1 amide bonds. The Morgan fingerprint density at radius 1 is 0.459 bits per heavy atom. The topological polar surface area (TPSA) is 594 Å². The molecule has 4 aromatic carbocycles. The van der Waals surface area contributed by atoms with Crippen molar-refractivity contribution in [2.45, 2.75) is 264 Å². The van der Waals surface area contributed by atoms with Gasteiger partial charge in [0.05, 0.1) is 94.5 Å². The number of carbonyl (C=O) groups is 5.